The third-order valence-electron chi connectivity index (χ3n) is 4.02. The summed E-state index contributed by atoms with van der Waals surface area (Å²) in [5.74, 6) is -0.594. The van der Waals surface area contributed by atoms with Crippen LogP contribution in [0.5, 0.6) is 0 Å². The molecule has 0 aliphatic heterocycles. The minimum absolute atomic E-state index is 0.177. The molecule has 3 rings (SSSR count). The predicted molar refractivity (Wildman–Crippen MR) is 98.6 cm³/mol. The van der Waals surface area contributed by atoms with Gasteiger partial charge in [0.15, 0.2) is 0 Å². The Balaban J connectivity index is 1.77. The van der Waals surface area contributed by atoms with Crippen molar-refractivity contribution in [3.8, 4) is 0 Å². The van der Waals surface area contributed by atoms with Crippen molar-refractivity contribution in [2.24, 2.45) is 0 Å². The number of esters is 1. The molecule has 0 unspecified atom stereocenters. The van der Waals surface area contributed by atoms with Crippen LogP contribution in [0.2, 0.25) is 0 Å². The van der Waals surface area contributed by atoms with Crippen molar-refractivity contribution < 1.29 is 14.3 Å². The first-order valence-electron chi connectivity index (χ1n) is 8.06. The zero-order valence-electron chi connectivity index (χ0n) is 14.2. The second kappa shape index (κ2) is 7.18. The van der Waals surface area contributed by atoms with Gasteiger partial charge in [-0.25, -0.2) is 4.79 Å². The molecule has 1 N–H and O–H groups in total. The van der Waals surface area contributed by atoms with Gasteiger partial charge in [0.25, 0.3) is 0 Å². The van der Waals surface area contributed by atoms with Crippen LogP contribution in [-0.2, 0) is 16.1 Å². The minimum Gasteiger partial charge on any atom is -0.457 e. The summed E-state index contributed by atoms with van der Waals surface area (Å²) >= 11 is 0. The summed E-state index contributed by atoms with van der Waals surface area (Å²) in [6.07, 6.45) is 0. The van der Waals surface area contributed by atoms with Gasteiger partial charge in [0.2, 0.25) is 5.91 Å². The van der Waals surface area contributed by atoms with Crippen LogP contribution in [0.4, 0.5) is 5.69 Å². The maximum absolute atomic E-state index is 12.4. The van der Waals surface area contributed by atoms with Crippen LogP contribution in [0.3, 0.4) is 0 Å². The molecule has 3 aromatic rings. The van der Waals surface area contributed by atoms with Crippen LogP contribution < -0.4 is 5.32 Å². The summed E-state index contributed by atoms with van der Waals surface area (Å²) in [5.41, 5.74) is 2.88. The zero-order chi connectivity index (χ0) is 17.8. The summed E-state index contributed by atoms with van der Waals surface area (Å²) in [7, 11) is 0. The Bertz CT molecular complexity index is 942. The van der Waals surface area contributed by atoms with E-state index in [0.29, 0.717) is 11.3 Å². The van der Waals surface area contributed by atoms with Crippen LogP contribution in [-0.4, -0.2) is 11.9 Å². The van der Waals surface area contributed by atoms with E-state index in [1.807, 2.05) is 49.4 Å². The van der Waals surface area contributed by atoms with Gasteiger partial charge in [-0.1, -0.05) is 48.5 Å². The number of anilines is 1. The molecule has 0 aliphatic carbocycles. The van der Waals surface area contributed by atoms with Gasteiger partial charge in [0, 0.05) is 12.6 Å². The minimum atomic E-state index is -0.417. The summed E-state index contributed by atoms with van der Waals surface area (Å²) in [6, 6.07) is 19.1. The van der Waals surface area contributed by atoms with Gasteiger partial charge >= 0.3 is 5.97 Å². The molecule has 0 saturated carbocycles. The van der Waals surface area contributed by atoms with Crippen molar-refractivity contribution in [1.29, 1.82) is 0 Å². The molecule has 126 valence electrons. The first kappa shape index (κ1) is 16.7. The number of fused-ring (bicyclic) bond motifs is 1. The molecular formula is C21H19NO3. The number of rotatable bonds is 4. The molecule has 4 nitrogen and oxygen atoms in total. The van der Waals surface area contributed by atoms with Crippen molar-refractivity contribution in [2.75, 3.05) is 5.32 Å². The van der Waals surface area contributed by atoms with Crippen LogP contribution in [0, 0.1) is 6.92 Å². The van der Waals surface area contributed by atoms with Gasteiger partial charge < -0.3 is 10.1 Å². The Morgan fingerprint density at radius 3 is 2.56 bits per heavy atom. The van der Waals surface area contributed by atoms with Crippen molar-refractivity contribution in [1.82, 2.24) is 0 Å². The largest absolute Gasteiger partial charge is 0.457 e. The topological polar surface area (TPSA) is 55.4 Å². The van der Waals surface area contributed by atoms with E-state index in [0.717, 1.165) is 21.9 Å². The van der Waals surface area contributed by atoms with Gasteiger partial charge in [0.1, 0.15) is 6.61 Å². The maximum Gasteiger partial charge on any atom is 0.338 e. The first-order valence-corrected chi connectivity index (χ1v) is 8.06. The highest BCUT2D eigenvalue weighted by atomic mass is 16.5. The summed E-state index contributed by atoms with van der Waals surface area (Å²) in [6.45, 7) is 3.50. The average Bonchev–Trinajstić information content (AvgIpc) is 2.61. The number of carbonyl (C=O) groups excluding carboxylic acids is 2. The Labute approximate surface area is 146 Å². The highest BCUT2D eigenvalue weighted by molar-refractivity contribution is 5.94. The molecule has 0 radical (unpaired) electrons. The second-order valence-corrected chi connectivity index (χ2v) is 5.93. The number of carbonyl (C=O) groups is 2. The van der Waals surface area contributed by atoms with Gasteiger partial charge in [0.05, 0.1) is 5.56 Å². The Hall–Kier alpha value is -3.14. The molecule has 0 fully saturated rings. The molecule has 3 aromatic carbocycles. The van der Waals surface area contributed by atoms with Crippen molar-refractivity contribution in [3.05, 3.63) is 77.4 Å². The standard InChI is InChI=1S/C21H19NO3/c1-14-10-11-17(12-20(14)22-15(2)23)21(24)25-13-18-8-5-7-16-6-3-4-9-19(16)18/h3-12H,13H2,1-2H3,(H,22,23). The van der Waals surface area contributed by atoms with Crippen molar-refractivity contribution in [2.45, 2.75) is 20.5 Å². The smallest absolute Gasteiger partial charge is 0.338 e. The number of hydrogen-bond donors (Lipinski definition) is 1. The number of ether oxygens (including phenoxy) is 1. The van der Waals surface area contributed by atoms with E-state index >= 15 is 0 Å². The third-order valence-corrected chi connectivity index (χ3v) is 4.02. The van der Waals surface area contributed by atoms with E-state index < -0.39 is 5.97 Å². The quantitative estimate of drug-likeness (QED) is 0.717. The van der Waals surface area contributed by atoms with Crippen LogP contribution >= 0.6 is 0 Å². The van der Waals surface area contributed by atoms with E-state index in [-0.39, 0.29) is 12.5 Å². The first-order chi connectivity index (χ1) is 12.0. The van der Waals surface area contributed by atoms with Gasteiger partial charge in [-0.3, -0.25) is 4.79 Å². The van der Waals surface area contributed by atoms with Crippen LogP contribution in [0.15, 0.2) is 60.7 Å². The van der Waals surface area contributed by atoms with E-state index in [2.05, 4.69) is 5.32 Å². The molecular weight excluding hydrogens is 314 g/mol. The number of aryl methyl sites for hydroxylation is 1. The number of amides is 1. The van der Waals surface area contributed by atoms with Gasteiger partial charge in [-0.2, -0.15) is 0 Å². The molecule has 0 aliphatic rings. The SMILES string of the molecule is CC(=O)Nc1cc(C(=O)OCc2cccc3ccccc23)ccc1C. The normalized spacial score (nSPS) is 10.5. The average molecular weight is 333 g/mol. The Kier molecular flexibility index (Phi) is 4.80. The molecule has 0 spiro atoms. The van der Waals surface area contributed by atoms with E-state index in [1.165, 1.54) is 6.92 Å². The summed E-state index contributed by atoms with van der Waals surface area (Å²) in [4.78, 5) is 23.6. The fourth-order valence-electron chi connectivity index (χ4n) is 2.72. The van der Waals surface area contributed by atoms with Crippen LogP contribution in [0.1, 0.15) is 28.4 Å². The Morgan fingerprint density at radius 2 is 1.76 bits per heavy atom. The van der Waals surface area contributed by atoms with Gasteiger partial charge in [-0.15, -0.1) is 0 Å². The predicted octanol–water partition coefficient (Wildman–Crippen LogP) is 4.46. The fourth-order valence-corrected chi connectivity index (χ4v) is 2.72. The third kappa shape index (κ3) is 3.86. The number of hydrogen-bond acceptors (Lipinski definition) is 3. The lowest BCUT2D eigenvalue weighted by Gasteiger charge is -2.10. The monoisotopic (exact) mass is 333 g/mol. The van der Waals surface area contributed by atoms with E-state index in [9.17, 15) is 9.59 Å². The molecule has 1 amide bonds. The number of nitrogens with one attached hydrogen (secondary N) is 1. The molecule has 0 bridgehead atoms. The lowest BCUT2D eigenvalue weighted by atomic mass is 10.1. The molecule has 0 saturated heterocycles. The van der Waals surface area contributed by atoms with Crippen LogP contribution in [0.25, 0.3) is 10.8 Å². The second-order valence-electron chi connectivity index (χ2n) is 5.93. The molecule has 25 heavy (non-hydrogen) atoms. The van der Waals surface area contributed by atoms with Crippen molar-refractivity contribution >= 4 is 28.3 Å². The summed E-state index contributed by atoms with van der Waals surface area (Å²) < 4.78 is 5.47. The van der Waals surface area contributed by atoms with Gasteiger partial charge in [-0.05, 0) is 41.0 Å². The fraction of sp³-hybridized carbons (Fsp3) is 0.143. The lowest BCUT2D eigenvalue weighted by molar-refractivity contribution is -0.114. The molecule has 0 aromatic heterocycles. The maximum atomic E-state index is 12.4. The van der Waals surface area contributed by atoms with E-state index in [1.54, 1.807) is 18.2 Å². The summed E-state index contributed by atoms with van der Waals surface area (Å²) in [5, 5.41) is 4.90. The Morgan fingerprint density at radius 1 is 1.00 bits per heavy atom. The lowest BCUT2D eigenvalue weighted by Crippen LogP contribution is -2.10. The number of benzene rings is 3. The molecule has 0 heterocycles. The zero-order valence-corrected chi connectivity index (χ0v) is 14.2. The molecule has 0 atom stereocenters. The molecule has 4 heteroatoms. The highest BCUT2D eigenvalue weighted by Crippen LogP contribution is 2.21. The van der Waals surface area contributed by atoms with E-state index in [4.69, 9.17) is 4.74 Å². The highest BCUT2D eigenvalue weighted by Gasteiger charge is 2.11. The van der Waals surface area contributed by atoms with Crippen molar-refractivity contribution in [3.63, 3.8) is 0 Å².